The Balaban J connectivity index is 2.30. The normalized spacial score (nSPS) is 11.9. The predicted octanol–water partition coefficient (Wildman–Crippen LogP) is 0.828. The quantitative estimate of drug-likeness (QED) is 0.374. The fourth-order valence-electron chi connectivity index (χ4n) is 1.74. The molecule has 2 rings (SSSR count). The van der Waals surface area contributed by atoms with Crippen molar-refractivity contribution in [1.82, 2.24) is 4.98 Å². The van der Waals surface area contributed by atoms with Crippen molar-refractivity contribution >= 4 is 7.60 Å². The van der Waals surface area contributed by atoms with Gasteiger partial charge in [-0.3, -0.25) is 4.57 Å². The van der Waals surface area contributed by atoms with Crippen molar-refractivity contribution in [3.05, 3.63) is 29.9 Å². The van der Waals surface area contributed by atoms with Gasteiger partial charge in [0.25, 0.3) is 11.5 Å². The molecule has 7 nitrogen and oxygen atoms in total. The zero-order valence-corrected chi connectivity index (χ0v) is 10.6. The van der Waals surface area contributed by atoms with Crippen LogP contribution in [0.2, 0.25) is 0 Å². The van der Waals surface area contributed by atoms with E-state index in [1.807, 2.05) is 0 Å². The van der Waals surface area contributed by atoms with E-state index in [1.54, 1.807) is 19.1 Å². The van der Waals surface area contributed by atoms with Gasteiger partial charge in [0, 0.05) is 6.92 Å². The molecule has 0 aliphatic rings. The number of aromatic nitrogens is 2. The maximum Gasteiger partial charge on any atom is 0.326 e. The first-order chi connectivity index (χ1) is 8.38. The molecule has 0 saturated carbocycles. The Bertz CT molecular complexity index is 584. The van der Waals surface area contributed by atoms with Crippen LogP contribution in [-0.2, 0) is 11.0 Å². The standard InChI is InChI=1S/C10H13N2O5P/c1-7-10(8-3-2-5-17-8)12(13)9(11-7)4-6-18(14,15)16/h2-3,5,13H,4,6H2,1H3,(H2,14,15,16)/p+1. The van der Waals surface area contributed by atoms with Crippen LogP contribution in [0.1, 0.15) is 11.5 Å². The van der Waals surface area contributed by atoms with Gasteiger partial charge in [-0.15, -0.1) is 0 Å². The smallest absolute Gasteiger partial charge is 0.326 e. The van der Waals surface area contributed by atoms with Crippen molar-refractivity contribution in [2.24, 2.45) is 0 Å². The molecule has 0 amide bonds. The van der Waals surface area contributed by atoms with E-state index in [4.69, 9.17) is 14.2 Å². The number of rotatable bonds is 4. The Kier molecular flexibility index (Phi) is 3.30. The average Bonchev–Trinajstić information content (AvgIpc) is 2.83. The predicted molar refractivity (Wildman–Crippen MR) is 61.2 cm³/mol. The second kappa shape index (κ2) is 4.61. The molecule has 2 aromatic heterocycles. The summed E-state index contributed by atoms with van der Waals surface area (Å²) in [7, 11) is -4.08. The van der Waals surface area contributed by atoms with E-state index < -0.39 is 7.60 Å². The maximum absolute atomic E-state index is 10.8. The summed E-state index contributed by atoms with van der Waals surface area (Å²) in [5.74, 6) is 0.802. The molecule has 0 saturated heterocycles. The summed E-state index contributed by atoms with van der Waals surface area (Å²) in [5, 5.41) is 9.95. The summed E-state index contributed by atoms with van der Waals surface area (Å²) in [6.07, 6.45) is 1.20. The minimum Gasteiger partial charge on any atom is -0.460 e. The molecule has 0 unspecified atom stereocenters. The van der Waals surface area contributed by atoms with E-state index in [1.165, 1.54) is 6.26 Å². The molecule has 18 heavy (non-hydrogen) atoms. The van der Waals surface area contributed by atoms with Crippen molar-refractivity contribution in [1.29, 1.82) is 0 Å². The van der Waals surface area contributed by atoms with E-state index in [0.29, 0.717) is 23.0 Å². The molecule has 0 radical (unpaired) electrons. The molecular weight excluding hydrogens is 259 g/mol. The topological polar surface area (TPSA) is 111 Å². The van der Waals surface area contributed by atoms with Gasteiger partial charge < -0.3 is 19.4 Å². The van der Waals surface area contributed by atoms with Gasteiger partial charge in [0.1, 0.15) is 0 Å². The van der Waals surface area contributed by atoms with Crippen LogP contribution >= 0.6 is 7.60 Å². The van der Waals surface area contributed by atoms with Crippen LogP contribution in [0, 0.1) is 6.92 Å². The molecule has 0 spiro atoms. The third-order valence-corrected chi connectivity index (χ3v) is 3.36. The number of nitrogens with one attached hydrogen (secondary N) is 1. The van der Waals surface area contributed by atoms with E-state index in [-0.39, 0.29) is 12.6 Å². The molecular formula is C10H14N2O5P+. The van der Waals surface area contributed by atoms with Crippen LogP contribution in [0.3, 0.4) is 0 Å². The lowest BCUT2D eigenvalue weighted by molar-refractivity contribution is -0.900. The van der Waals surface area contributed by atoms with Crippen molar-refractivity contribution in [3.8, 4) is 11.5 Å². The summed E-state index contributed by atoms with van der Waals surface area (Å²) >= 11 is 0. The molecule has 98 valence electrons. The van der Waals surface area contributed by atoms with Crippen LogP contribution in [0.5, 0.6) is 0 Å². The van der Waals surface area contributed by atoms with Gasteiger partial charge in [0.2, 0.25) is 0 Å². The second-order valence-electron chi connectivity index (χ2n) is 3.97. The Morgan fingerprint density at radius 2 is 2.22 bits per heavy atom. The molecule has 2 aromatic rings. The molecule has 2 heterocycles. The SMILES string of the molecule is Cc1[nH]c(CCP(=O)(O)O)[n+](O)c1-c1ccco1. The zero-order chi connectivity index (χ0) is 13.3. The van der Waals surface area contributed by atoms with E-state index >= 15 is 0 Å². The highest BCUT2D eigenvalue weighted by molar-refractivity contribution is 7.51. The van der Waals surface area contributed by atoms with Crippen LogP contribution in [0.4, 0.5) is 0 Å². The first kappa shape index (κ1) is 12.9. The highest BCUT2D eigenvalue weighted by atomic mass is 31.2. The molecule has 0 bridgehead atoms. The number of furan rings is 1. The molecule has 4 N–H and O–H groups in total. The lowest BCUT2D eigenvalue weighted by Gasteiger charge is -1.99. The first-order valence-electron chi connectivity index (χ1n) is 5.29. The number of aromatic amines is 1. The fourth-order valence-corrected chi connectivity index (χ4v) is 2.25. The summed E-state index contributed by atoms with van der Waals surface area (Å²) in [6, 6.07) is 3.38. The van der Waals surface area contributed by atoms with E-state index in [9.17, 15) is 9.77 Å². The van der Waals surface area contributed by atoms with Crippen molar-refractivity contribution in [2.75, 3.05) is 6.16 Å². The minimum atomic E-state index is -4.08. The Morgan fingerprint density at radius 3 is 2.78 bits per heavy atom. The lowest BCUT2D eigenvalue weighted by Crippen LogP contribution is -2.35. The second-order valence-corrected chi connectivity index (χ2v) is 5.75. The number of H-pyrrole nitrogens is 1. The first-order valence-corrected chi connectivity index (χ1v) is 7.09. The number of imidazole rings is 1. The maximum atomic E-state index is 10.8. The molecule has 0 atom stereocenters. The van der Waals surface area contributed by atoms with Crippen LogP contribution in [0.25, 0.3) is 11.5 Å². The van der Waals surface area contributed by atoms with Gasteiger partial charge in [-0.2, -0.15) is 0 Å². The molecule has 8 heteroatoms. The monoisotopic (exact) mass is 273 g/mol. The van der Waals surface area contributed by atoms with Crippen molar-refractivity contribution in [3.63, 3.8) is 0 Å². The van der Waals surface area contributed by atoms with Gasteiger partial charge in [-0.25, -0.2) is 4.98 Å². The number of nitrogens with zero attached hydrogens (tertiary/aromatic N) is 1. The summed E-state index contributed by atoms with van der Waals surface area (Å²) in [6.45, 7) is 1.74. The minimum absolute atomic E-state index is 0.0440. The zero-order valence-electron chi connectivity index (χ0n) is 9.70. The summed E-state index contributed by atoms with van der Waals surface area (Å²) in [5.41, 5.74) is 1.11. The van der Waals surface area contributed by atoms with Crippen molar-refractivity contribution < 1.29 is 28.7 Å². The van der Waals surface area contributed by atoms with Crippen LogP contribution < -0.4 is 4.73 Å². The lowest BCUT2D eigenvalue weighted by atomic mass is 10.3. The van der Waals surface area contributed by atoms with E-state index in [2.05, 4.69) is 4.98 Å². The third-order valence-electron chi connectivity index (χ3n) is 2.55. The van der Waals surface area contributed by atoms with Crippen LogP contribution in [-0.4, -0.2) is 26.1 Å². The number of aryl methyl sites for hydroxylation is 2. The van der Waals surface area contributed by atoms with Gasteiger partial charge in [-0.1, -0.05) is 0 Å². The Morgan fingerprint density at radius 1 is 1.50 bits per heavy atom. The van der Waals surface area contributed by atoms with Crippen molar-refractivity contribution in [2.45, 2.75) is 13.3 Å². The average molecular weight is 273 g/mol. The number of hydrogen-bond donors (Lipinski definition) is 4. The van der Waals surface area contributed by atoms with Crippen LogP contribution in [0.15, 0.2) is 22.8 Å². The largest absolute Gasteiger partial charge is 0.460 e. The van der Waals surface area contributed by atoms with Gasteiger partial charge in [0.05, 0.1) is 18.8 Å². The Hall–Kier alpha value is -1.56. The Labute approximate surface area is 103 Å². The van der Waals surface area contributed by atoms with Gasteiger partial charge in [0.15, 0.2) is 11.5 Å². The third kappa shape index (κ3) is 2.64. The molecule has 0 aliphatic heterocycles. The number of hydrogen-bond acceptors (Lipinski definition) is 3. The molecule has 0 fully saturated rings. The summed E-state index contributed by atoms with van der Waals surface area (Å²) < 4.78 is 16.9. The summed E-state index contributed by atoms with van der Waals surface area (Å²) in [4.78, 5) is 20.5. The molecule has 0 aliphatic carbocycles. The highest BCUT2D eigenvalue weighted by Crippen LogP contribution is 2.34. The molecule has 0 aromatic carbocycles. The van der Waals surface area contributed by atoms with E-state index in [0.717, 1.165) is 4.73 Å². The van der Waals surface area contributed by atoms with Gasteiger partial charge in [-0.05, 0) is 16.9 Å². The highest BCUT2D eigenvalue weighted by Gasteiger charge is 2.27. The van der Waals surface area contributed by atoms with Gasteiger partial charge >= 0.3 is 7.60 Å². The fraction of sp³-hybridized carbons (Fsp3) is 0.300.